The van der Waals surface area contributed by atoms with E-state index >= 15 is 0 Å². The minimum atomic E-state index is -0.682. The molecule has 4 aromatic rings. The van der Waals surface area contributed by atoms with Crippen molar-refractivity contribution < 1.29 is 33.5 Å². The fraction of sp³-hybridized carbons (Fsp3) is 0.143. The van der Waals surface area contributed by atoms with Crippen LogP contribution in [0.5, 0.6) is 28.7 Å². The maximum Gasteiger partial charge on any atom is 0.294 e. The number of benzene rings is 2. The van der Waals surface area contributed by atoms with Gasteiger partial charge in [0.25, 0.3) is 5.91 Å². The van der Waals surface area contributed by atoms with E-state index in [2.05, 4.69) is 35.8 Å². The Labute approximate surface area is 202 Å². The monoisotopic (exact) mass is 494 g/mol. The lowest BCUT2D eigenvalue weighted by molar-refractivity contribution is 0.0950. The van der Waals surface area contributed by atoms with Crippen LogP contribution in [0.2, 0.25) is 0 Å². The van der Waals surface area contributed by atoms with Crippen LogP contribution in [-0.2, 0) is 0 Å². The zero-order valence-electron chi connectivity index (χ0n) is 18.8. The van der Waals surface area contributed by atoms with Crippen molar-refractivity contribution in [1.82, 2.24) is 30.7 Å². The molecule has 1 aliphatic rings. The van der Waals surface area contributed by atoms with E-state index in [0.717, 1.165) is 0 Å². The van der Waals surface area contributed by atoms with Gasteiger partial charge >= 0.3 is 0 Å². The molecule has 15 heteroatoms. The molecule has 0 fully saturated rings. The summed E-state index contributed by atoms with van der Waals surface area (Å²) in [5.41, 5.74) is 9.37. The Hall–Kier alpha value is -5.34. The number of amides is 1. The van der Waals surface area contributed by atoms with E-state index in [9.17, 15) is 9.90 Å². The predicted octanol–water partition coefficient (Wildman–Crippen LogP) is 1.11. The van der Waals surface area contributed by atoms with Gasteiger partial charge in [-0.3, -0.25) is 4.79 Å². The molecule has 0 spiro atoms. The van der Waals surface area contributed by atoms with Gasteiger partial charge in [0.05, 0.1) is 20.4 Å². The molecular weight excluding hydrogens is 476 g/mol. The second-order valence-corrected chi connectivity index (χ2v) is 7.21. The number of hydrazone groups is 1. The first-order valence-corrected chi connectivity index (χ1v) is 10.2. The van der Waals surface area contributed by atoms with Gasteiger partial charge in [-0.05, 0) is 40.6 Å². The Balaban J connectivity index is 1.48. The van der Waals surface area contributed by atoms with Gasteiger partial charge in [-0.15, -0.1) is 5.10 Å². The van der Waals surface area contributed by atoms with E-state index in [1.165, 1.54) is 37.2 Å². The average molecular weight is 494 g/mol. The number of nitrogens with zero attached hydrogens (tertiary/aromatic N) is 6. The van der Waals surface area contributed by atoms with Gasteiger partial charge in [0, 0.05) is 11.1 Å². The van der Waals surface area contributed by atoms with Gasteiger partial charge < -0.3 is 29.8 Å². The number of carbonyl (C=O) groups is 1. The van der Waals surface area contributed by atoms with Crippen LogP contribution >= 0.6 is 0 Å². The molecule has 36 heavy (non-hydrogen) atoms. The highest BCUT2D eigenvalue weighted by molar-refractivity contribution is 5.99. The van der Waals surface area contributed by atoms with Crippen LogP contribution in [0.4, 0.5) is 5.82 Å². The van der Waals surface area contributed by atoms with E-state index in [1.54, 1.807) is 18.2 Å². The Morgan fingerprint density at radius 1 is 1.17 bits per heavy atom. The van der Waals surface area contributed by atoms with Crippen molar-refractivity contribution in [3.05, 3.63) is 41.6 Å². The zero-order valence-corrected chi connectivity index (χ0v) is 18.8. The topological polar surface area (TPSA) is 194 Å². The van der Waals surface area contributed by atoms with Crippen LogP contribution in [0.1, 0.15) is 16.1 Å². The molecule has 15 nitrogen and oxygen atoms in total. The third kappa shape index (κ3) is 3.93. The van der Waals surface area contributed by atoms with Crippen LogP contribution in [0.3, 0.4) is 0 Å². The number of nitrogen functional groups attached to an aromatic ring is 1. The highest BCUT2D eigenvalue weighted by Gasteiger charge is 2.26. The number of methoxy groups -OCH3 is 2. The van der Waals surface area contributed by atoms with Crippen LogP contribution in [0.15, 0.2) is 40.1 Å². The second kappa shape index (κ2) is 9.13. The van der Waals surface area contributed by atoms with Crippen molar-refractivity contribution in [2.24, 2.45) is 5.10 Å². The number of phenolic OH excluding ortho intramolecular Hbond substituents is 1. The number of anilines is 1. The van der Waals surface area contributed by atoms with E-state index in [1.807, 2.05) is 0 Å². The molecule has 0 unspecified atom stereocenters. The fourth-order valence-electron chi connectivity index (χ4n) is 3.43. The van der Waals surface area contributed by atoms with E-state index in [0.29, 0.717) is 22.6 Å². The summed E-state index contributed by atoms with van der Waals surface area (Å²) in [4.78, 5) is 13.1. The molecule has 0 atom stereocenters. The third-order valence-corrected chi connectivity index (χ3v) is 5.11. The number of aromatic nitrogens is 5. The molecule has 184 valence electrons. The van der Waals surface area contributed by atoms with Gasteiger partial charge in [-0.2, -0.15) is 9.78 Å². The largest absolute Gasteiger partial charge is 0.502 e. The summed E-state index contributed by atoms with van der Waals surface area (Å²) in [6.45, 7) is 0.0747. The van der Waals surface area contributed by atoms with E-state index in [4.69, 9.17) is 24.7 Å². The lowest BCUT2D eigenvalue weighted by Crippen LogP contribution is -2.19. The van der Waals surface area contributed by atoms with E-state index in [-0.39, 0.29) is 47.1 Å². The highest BCUT2D eigenvalue weighted by atomic mass is 16.7. The van der Waals surface area contributed by atoms with Gasteiger partial charge in [0.1, 0.15) is 5.69 Å². The van der Waals surface area contributed by atoms with Crippen LogP contribution in [0.25, 0.3) is 17.1 Å². The highest BCUT2D eigenvalue weighted by Crippen LogP contribution is 2.38. The molecule has 0 saturated carbocycles. The molecule has 0 bridgehead atoms. The number of ether oxygens (including phenoxy) is 4. The summed E-state index contributed by atoms with van der Waals surface area (Å²) in [5, 5.41) is 29.3. The van der Waals surface area contributed by atoms with Gasteiger partial charge in [0.15, 0.2) is 28.7 Å². The Kier molecular flexibility index (Phi) is 5.69. The third-order valence-electron chi connectivity index (χ3n) is 5.11. The van der Waals surface area contributed by atoms with Crippen LogP contribution in [0, 0.1) is 0 Å². The molecule has 2 aromatic heterocycles. The second-order valence-electron chi connectivity index (χ2n) is 7.21. The average Bonchev–Trinajstić information content (AvgIpc) is 3.63. The minimum Gasteiger partial charge on any atom is -0.502 e. The summed E-state index contributed by atoms with van der Waals surface area (Å²) in [5.74, 6) is 0.526. The van der Waals surface area contributed by atoms with Gasteiger partial charge in [-0.1, -0.05) is 5.21 Å². The van der Waals surface area contributed by atoms with Crippen LogP contribution in [-0.4, -0.2) is 63.5 Å². The molecule has 2 aromatic carbocycles. The first-order chi connectivity index (χ1) is 17.5. The molecule has 0 aliphatic carbocycles. The van der Waals surface area contributed by atoms with Crippen molar-refractivity contribution in [3.8, 4) is 45.8 Å². The smallest absolute Gasteiger partial charge is 0.294 e. The summed E-state index contributed by atoms with van der Waals surface area (Å²) >= 11 is 0. The fourth-order valence-corrected chi connectivity index (χ4v) is 3.43. The predicted molar refractivity (Wildman–Crippen MR) is 121 cm³/mol. The van der Waals surface area contributed by atoms with Crippen molar-refractivity contribution in [2.45, 2.75) is 0 Å². The maximum atomic E-state index is 13.1. The first kappa shape index (κ1) is 22.5. The molecule has 4 N–H and O–H groups in total. The first-order valence-electron chi connectivity index (χ1n) is 10.2. The molecule has 3 heterocycles. The molecule has 1 amide bonds. The Morgan fingerprint density at radius 2 is 1.92 bits per heavy atom. The molecule has 1 aliphatic heterocycles. The SMILES string of the molecule is COc1cc(/C=N\NC(=O)c2nnn(-c3nonc3N)c2-c2ccc3c(c2)OCO3)cc(OC)c1O. The summed E-state index contributed by atoms with van der Waals surface area (Å²) in [6, 6.07) is 8.08. The number of nitrogens with two attached hydrogens (primary N) is 1. The maximum absolute atomic E-state index is 13.1. The van der Waals surface area contributed by atoms with Gasteiger partial charge in [-0.25, -0.2) is 10.1 Å². The molecule has 0 saturated heterocycles. The lowest BCUT2D eigenvalue weighted by Gasteiger charge is -2.09. The van der Waals surface area contributed by atoms with Crippen molar-refractivity contribution in [3.63, 3.8) is 0 Å². The van der Waals surface area contributed by atoms with Gasteiger partial charge in [0.2, 0.25) is 24.2 Å². The van der Waals surface area contributed by atoms with Crippen LogP contribution < -0.4 is 30.1 Å². The number of hydrogen-bond donors (Lipinski definition) is 3. The quantitative estimate of drug-likeness (QED) is 0.245. The number of phenols is 1. The normalized spacial score (nSPS) is 12.2. The van der Waals surface area contributed by atoms with Crippen molar-refractivity contribution >= 4 is 17.9 Å². The number of aromatic hydroxyl groups is 1. The van der Waals surface area contributed by atoms with Crippen molar-refractivity contribution in [2.75, 3.05) is 26.7 Å². The van der Waals surface area contributed by atoms with Crippen molar-refractivity contribution in [1.29, 1.82) is 0 Å². The summed E-state index contributed by atoms with van der Waals surface area (Å²) in [6.07, 6.45) is 1.34. The standard InChI is InChI=1S/C21H18N8O7/c1-32-14-5-10(6-15(33-2)18(14)30)8-23-25-21(31)16-17(11-3-4-12-13(7-11)35-9-34-12)29(28-24-16)20-19(22)26-36-27-20/h3-8,30H,9H2,1-2H3,(H2,22,26)(H,25,31)/b23-8-. The van der Waals surface area contributed by atoms with E-state index < -0.39 is 5.91 Å². The summed E-state index contributed by atoms with van der Waals surface area (Å²) in [7, 11) is 2.80. The molecule has 5 rings (SSSR count). The lowest BCUT2D eigenvalue weighted by atomic mass is 10.1. The number of hydrogen-bond acceptors (Lipinski definition) is 13. The zero-order chi connectivity index (χ0) is 25.2. The number of nitrogens with one attached hydrogen (secondary N) is 1. The minimum absolute atomic E-state index is 0.0426. The number of rotatable bonds is 7. The molecule has 0 radical (unpaired) electrons. The Bertz CT molecular complexity index is 1450. The number of fused-ring (bicyclic) bond motifs is 1. The Morgan fingerprint density at radius 3 is 2.61 bits per heavy atom. The molecular formula is C21H18N8O7. The summed E-state index contributed by atoms with van der Waals surface area (Å²) < 4.78 is 26.9. The number of carbonyl (C=O) groups excluding carboxylic acids is 1.